The maximum Gasteiger partial charge on any atom is 0.388 e. The number of hydrogen-bond donors (Lipinski definition) is 2. The number of carbonyl (C=O) groups is 1. The van der Waals surface area contributed by atoms with E-state index in [1.165, 1.54) is 7.11 Å². The van der Waals surface area contributed by atoms with Crippen molar-refractivity contribution in [1.82, 2.24) is 4.98 Å². The minimum atomic E-state index is -4.54. The molecule has 0 atom stereocenters. The van der Waals surface area contributed by atoms with Crippen LogP contribution in [-0.2, 0) is 21.4 Å². The molecule has 2 N–H and O–H groups in total. The van der Waals surface area contributed by atoms with Crippen molar-refractivity contribution < 1.29 is 45.7 Å². The molecular formula is C21H14BrF3N2O7S. The van der Waals surface area contributed by atoms with Gasteiger partial charge in [-0.1, -0.05) is 0 Å². The number of carbonyl (C=O) groups excluding carboxylic acids is 1. The number of cyclic esters (lactones) is 1. The smallest absolute Gasteiger partial charge is 0.388 e. The first kappa shape index (κ1) is 24.6. The molecule has 0 aliphatic carbocycles. The number of methoxy groups -OCH3 is 1. The Kier molecular flexibility index (Phi) is 6.51. The van der Waals surface area contributed by atoms with E-state index in [4.69, 9.17) is 9.47 Å². The average molecular weight is 575 g/mol. The van der Waals surface area contributed by atoms with E-state index in [-0.39, 0.29) is 38.2 Å². The summed E-state index contributed by atoms with van der Waals surface area (Å²) in [6.07, 6.45) is 1.02. The van der Waals surface area contributed by atoms with Crippen LogP contribution in [0.1, 0.15) is 15.9 Å². The average Bonchev–Trinajstić information content (AvgIpc) is 2.79. The lowest BCUT2D eigenvalue weighted by atomic mass is 10.0. The molecule has 35 heavy (non-hydrogen) atoms. The molecule has 0 radical (unpaired) electrons. The number of rotatable bonds is 3. The quantitative estimate of drug-likeness (QED) is 0.440. The largest absolute Gasteiger partial charge is 0.505 e. The molecule has 1 aliphatic rings. The standard InChI is InChI=1S/C21H14BrF3N2O7S/c1-32-16-6-14(23)11-5-15(16)27-35(30,31)17-3-9(2-13(22)19(17)28)20(29)33-8-10-4-18(34-21(24)25)26-7-12(10)11/h2-7,21,27-28H,8H2,1H3. The maximum absolute atomic E-state index is 15.0. The third kappa shape index (κ3) is 4.84. The second kappa shape index (κ2) is 9.26. The van der Waals surface area contributed by atoms with Crippen LogP contribution >= 0.6 is 15.9 Å². The Labute approximate surface area is 204 Å². The van der Waals surface area contributed by atoms with E-state index in [1.54, 1.807) is 0 Å². The predicted octanol–water partition coefficient (Wildman–Crippen LogP) is 4.44. The number of pyridine rings is 1. The third-order valence-electron chi connectivity index (χ3n) is 4.91. The van der Waals surface area contributed by atoms with Crippen molar-refractivity contribution in [2.45, 2.75) is 18.1 Å². The molecule has 9 nitrogen and oxygen atoms in total. The molecule has 1 aromatic heterocycles. The zero-order chi connectivity index (χ0) is 25.5. The fourth-order valence-electron chi connectivity index (χ4n) is 3.33. The number of alkyl halides is 2. The first-order valence-corrected chi connectivity index (χ1v) is 11.8. The van der Waals surface area contributed by atoms with Crippen molar-refractivity contribution in [3.05, 3.63) is 57.9 Å². The van der Waals surface area contributed by atoms with Gasteiger partial charge in [0, 0.05) is 35.0 Å². The van der Waals surface area contributed by atoms with Crippen LogP contribution in [0, 0.1) is 5.82 Å². The Balaban J connectivity index is 1.99. The van der Waals surface area contributed by atoms with Crippen molar-refractivity contribution in [3.8, 4) is 28.5 Å². The van der Waals surface area contributed by atoms with E-state index < -0.39 is 51.6 Å². The molecule has 4 rings (SSSR count). The van der Waals surface area contributed by atoms with Gasteiger partial charge in [-0.05, 0) is 34.1 Å². The summed E-state index contributed by atoms with van der Waals surface area (Å²) < 4.78 is 83.3. The number of fused-ring (bicyclic) bond motifs is 6. The lowest BCUT2D eigenvalue weighted by Crippen LogP contribution is -2.15. The first-order chi connectivity index (χ1) is 16.5. The van der Waals surface area contributed by atoms with Gasteiger partial charge < -0.3 is 19.3 Å². The Bertz CT molecular complexity index is 1450. The number of esters is 1. The molecule has 3 aromatic rings. The van der Waals surface area contributed by atoms with Crippen LogP contribution < -0.4 is 14.2 Å². The van der Waals surface area contributed by atoms with E-state index in [9.17, 15) is 27.1 Å². The van der Waals surface area contributed by atoms with Gasteiger partial charge in [-0.25, -0.2) is 22.6 Å². The number of aromatic nitrogens is 1. The van der Waals surface area contributed by atoms with Crippen LogP contribution in [0.3, 0.4) is 0 Å². The minimum absolute atomic E-state index is 0.00926. The Morgan fingerprint density at radius 1 is 1.20 bits per heavy atom. The number of phenolic OH excluding ortho intramolecular Hbond substituents is 1. The lowest BCUT2D eigenvalue weighted by Gasteiger charge is -2.16. The number of benzene rings is 2. The molecule has 14 heteroatoms. The van der Waals surface area contributed by atoms with E-state index in [2.05, 4.69) is 30.4 Å². The summed E-state index contributed by atoms with van der Waals surface area (Å²) in [5.41, 5.74) is -0.620. The van der Waals surface area contributed by atoms with Gasteiger partial charge in [0.2, 0.25) is 5.88 Å². The molecule has 0 saturated heterocycles. The Hall–Kier alpha value is -3.52. The van der Waals surface area contributed by atoms with Crippen molar-refractivity contribution in [1.29, 1.82) is 0 Å². The number of hydrogen-bond acceptors (Lipinski definition) is 8. The molecule has 0 amide bonds. The fraction of sp³-hybridized carbons (Fsp3) is 0.143. The van der Waals surface area contributed by atoms with Gasteiger partial charge in [0.15, 0.2) is 0 Å². The van der Waals surface area contributed by atoms with Crippen molar-refractivity contribution in [3.63, 3.8) is 0 Å². The summed E-state index contributed by atoms with van der Waals surface area (Å²) in [5, 5.41) is 10.3. The molecule has 0 saturated carbocycles. The maximum atomic E-state index is 15.0. The highest BCUT2D eigenvalue weighted by Gasteiger charge is 2.27. The molecule has 0 fully saturated rings. The number of halogens is 4. The summed E-state index contributed by atoms with van der Waals surface area (Å²) >= 11 is 3.00. The molecule has 1 aliphatic heterocycles. The molecule has 4 bridgehead atoms. The zero-order valence-electron chi connectivity index (χ0n) is 17.5. The van der Waals surface area contributed by atoms with Crippen LogP contribution in [-0.4, -0.2) is 38.2 Å². The minimum Gasteiger partial charge on any atom is -0.505 e. The molecule has 2 aromatic carbocycles. The highest BCUT2D eigenvalue weighted by Crippen LogP contribution is 2.39. The van der Waals surface area contributed by atoms with Crippen molar-refractivity contribution in [2.24, 2.45) is 0 Å². The van der Waals surface area contributed by atoms with Gasteiger partial charge in [-0.3, -0.25) is 4.72 Å². The number of nitrogens with zero attached hydrogens (tertiary/aromatic N) is 1. The summed E-state index contributed by atoms with van der Waals surface area (Å²) in [4.78, 5) is 15.7. The monoisotopic (exact) mass is 574 g/mol. The summed E-state index contributed by atoms with van der Waals surface area (Å²) in [6, 6.07) is 5.06. The number of ether oxygens (including phenoxy) is 3. The molecule has 184 valence electrons. The van der Waals surface area contributed by atoms with Gasteiger partial charge in [-0.2, -0.15) is 8.78 Å². The Morgan fingerprint density at radius 2 is 1.94 bits per heavy atom. The van der Waals surface area contributed by atoms with Crippen molar-refractivity contribution in [2.75, 3.05) is 11.8 Å². The SMILES string of the molecule is COc1cc(F)c2cc1NS(=O)(=O)c1cc(cc(Br)c1O)C(=O)OCc1cc(OC(F)F)ncc1-2. The zero-order valence-corrected chi connectivity index (χ0v) is 19.9. The highest BCUT2D eigenvalue weighted by atomic mass is 79.9. The number of anilines is 1. The third-order valence-corrected chi connectivity index (χ3v) is 6.89. The fourth-order valence-corrected chi connectivity index (χ4v) is 5.12. The van der Waals surface area contributed by atoms with Gasteiger partial charge in [0.1, 0.15) is 28.8 Å². The summed E-state index contributed by atoms with van der Waals surface area (Å²) in [5.74, 6) is -3.28. The first-order valence-electron chi connectivity index (χ1n) is 9.54. The van der Waals surface area contributed by atoms with E-state index >= 15 is 4.39 Å². The van der Waals surface area contributed by atoms with E-state index in [0.717, 1.165) is 36.5 Å². The topological polar surface area (TPSA) is 124 Å². The number of sulfonamides is 1. The normalized spacial score (nSPS) is 14.5. The van der Waals surface area contributed by atoms with Crippen LogP contribution in [0.2, 0.25) is 0 Å². The van der Waals surface area contributed by atoms with Crippen LogP contribution in [0.25, 0.3) is 11.1 Å². The lowest BCUT2D eigenvalue weighted by molar-refractivity contribution is -0.0529. The molecule has 0 spiro atoms. The number of aromatic hydroxyl groups is 1. The van der Waals surface area contributed by atoms with Gasteiger partial charge in [0.05, 0.1) is 22.8 Å². The second-order valence-electron chi connectivity index (χ2n) is 7.08. The molecule has 0 unspecified atom stereocenters. The Morgan fingerprint density at radius 3 is 2.63 bits per heavy atom. The molecule has 2 heterocycles. The number of phenols is 1. The summed E-state index contributed by atoms with van der Waals surface area (Å²) in [7, 11) is -3.35. The van der Waals surface area contributed by atoms with E-state index in [1.807, 2.05) is 0 Å². The van der Waals surface area contributed by atoms with Crippen molar-refractivity contribution >= 4 is 37.6 Å². The predicted molar refractivity (Wildman–Crippen MR) is 119 cm³/mol. The van der Waals surface area contributed by atoms with Crippen LogP contribution in [0.5, 0.6) is 17.4 Å². The van der Waals surface area contributed by atoms with E-state index in [0.29, 0.717) is 0 Å². The van der Waals surface area contributed by atoms with Crippen LogP contribution in [0.15, 0.2) is 45.9 Å². The summed E-state index contributed by atoms with van der Waals surface area (Å²) in [6.45, 7) is -3.73. The second-order valence-corrected chi connectivity index (χ2v) is 9.58. The molecular weight excluding hydrogens is 561 g/mol. The van der Waals surface area contributed by atoms with Gasteiger partial charge in [0.25, 0.3) is 10.0 Å². The van der Waals surface area contributed by atoms with Gasteiger partial charge >= 0.3 is 12.6 Å². The van der Waals surface area contributed by atoms with Gasteiger partial charge in [-0.15, -0.1) is 0 Å². The number of nitrogens with one attached hydrogen (secondary N) is 1. The highest BCUT2D eigenvalue weighted by molar-refractivity contribution is 9.10. The van der Waals surface area contributed by atoms with Crippen LogP contribution in [0.4, 0.5) is 18.9 Å².